The van der Waals surface area contributed by atoms with E-state index in [4.69, 9.17) is 0 Å². The Labute approximate surface area is 145 Å². The third-order valence-electron chi connectivity index (χ3n) is 3.74. The van der Waals surface area contributed by atoms with E-state index in [1.54, 1.807) is 6.07 Å². The number of carbonyl (C=O) groups is 1. The molecule has 1 atom stereocenters. The lowest BCUT2D eigenvalue weighted by Gasteiger charge is -2.24. The minimum atomic E-state index is -0.437. The summed E-state index contributed by atoms with van der Waals surface area (Å²) in [4.78, 5) is 25.1. The fourth-order valence-corrected chi connectivity index (χ4v) is 3.15. The molecule has 0 unspecified atom stereocenters. The Morgan fingerprint density at radius 2 is 1.96 bits per heavy atom. The molecule has 24 heavy (non-hydrogen) atoms. The van der Waals surface area contributed by atoms with Crippen molar-refractivity contribution in [3.8, 4) is 0 Å². The molecule has 1 heterocycles. The van der Waals surface area contributed by atoms with E-state index in [9.17, 15) is 14.9 Å². The summed E-state index contributed by atoms with van der Waals surface area (Å²) in [6.45, 7) is 0.536. The van der Waals surface area contributed by atoms with Gasteiger partial charge in [-0.1, -0.05) is 41.7 Å². The molecule has 0 bridgehead atoms. The molecule has 1 aromatic heterocycles. The number of nitro groups is 1. The van der Waals surface area contributed by atoms with Crippen molar-refractivity contribution in [3.05, 3.63) is 63.0 Å². The van der Waals surface area contributed by atoms with E-state index in [-0.39, 0.29) is 23.4 Å². The first-order valence-corrected chi connectivity index (χ1v) is 8.47. The molecule has 0 aliphatic heterocycles. The summed E-state index contributed by atoms with van der Waals surface area (Å²) in [6, 6.07) is 13.4. The van der Waals surface area contributed by atoms with Crippen LogP contribution in [-0.2, 0) is 17.6 Å². The maximum absolute atomic E-state index is 12.1. The summed E-state index contributed by atoms with van der Waals surface area (Å²) in [6.07, 6.45) is 1.02. The maximum Gasteiger partial charge on any atom is 0.324 e. The van der Waals surface area contributed by atoms with Crippen LogP contribution in [0.15, 0.2) is 42.5 Å². The number of amides is 1. The minimum absolute atomic E-state index is 0.0630. The van der Waals surface area contributed by atoms with Crippen LogP contribution < -0.4 is 5.32 Å². The van der Waals surface area contributed by atoms with Crippen molar-refractivity contribution in [2.24, 2.45) is 0 Å². The molecule has 0 aliphatic carbocycles. The first-order chi connectivity index (χ1) is 11.5. The van der Waals surface area contributed by atoms with Gasteiger partial charge >= 0.3 is 5.00 Å². The maximum atomic E-state index is 12.1. The monoisotopic (exact) mass is 347 g/mol. The average Bonchev–Trinajstić information content (AvgIpc) is 3.01. The second-order valence-corrected chi connectivity index (χ2v) is 6.93. The van der Waals surface area contributed by atoms with Crippen molar-refractivity contribution < 1.29 is 9.72 Å². The summed E-state index contributed by atoms with van der Waals surface area (Å²) in [5.41, 5.74) is 1.22. The van der Waals surface area contributed by atoms with Gasteiger partial charge in [0.1, 0.15) is 0 Å². The molecule has 2 rings (SSSR count). The number of nitrogens with zero attached hydrogens (tertiary/aromatic N) is 2. The zero-order chi connectivity index (χ0) is 17.5. The van der Waals surface area contributed by atoms with Crippen LogP contribution in [0.25, 0.3) is 0 Å². The quantitative estimate of drug-likeness (QED) is 0.588. The summed E-state index contributed by atoms with van der Waals surface area (Å²) in [5.74, 6) is -0.119. The van der Waals surface area contributed by atoms with Gasteiger partial charge in [-0.2, -0.15) is 0 Å². The highest BCUT2D eigenvalue weighted by molar-refractivity contribution is 7.15. The highest BCUT2D eigenvalue weighted by Gasteiger charge is 2.16. The molecule has 128 valence electrons. The Morgan fingerprint density at radius 1 is 1.25 bits per heavy atom. The Morgan fingerprint density at radius 3 is 2.54 bits per heavy atom. The normalized spacial score (nSPS) is 12.1. The van der Waals surface area contributed by atoms with E-state index < -0.39 is 4.92 Å². The summed E-state index contributed by atoms with van der Waals surface area (Å²) in [5, 5.41) is 13.7. The van der Waals surface area contributed by atoms with Crippen molar-refractivity contribution in [2.75, 3.05) is 20.6 Å². The first kappa shape index (κ1) is 18.1. The van der Waals surface area contributed by atoms with Gasteiger partial charge in [0.2, 0.25) is 5.91 Å². The predicted octanol–water partition coefficient (Wildman–Crippen LogP) is 2.49. The van der Waals surface area contributed by atoms with Crippen molar-refractivity contribution >= 4 is 22.2 Å². The number of benzene rings is 1. The summed E-state index contributed by atoms with van der Waals surface area (Å²) < 4.78 is 0. The summed E-state index contributed by atoms with van der Waals surface area (Å²) in [7, 11) is 3.98. The third kappa shape index (κ3) is 5.43. The number of nitrogens with one attached hydrogen (secondary N) is 1. The fourth-order valence-electron chi connectivity index (χ4n) is 2.34. The molecule has 7 heteroatoms. The Kier molecular flexibility index (Phi) is 6.45. The number of hydrogen-bond acceptors (Lipinski definition) is 5. The van der Waals surface area contributed by atoms with Gasteiger partial charge in [0, 0.05) is 23.5 Å². The van der Waals surface area contributed by atoms with Gasteiger partial charge in [0.25, 0.3) is 0 Å². The highest BCUT2D eigenvalue weighted by Crippen LogP contribution is 2.24. The molecular formula is C17H21N3O3S. The van der Waals surface area contributed by atoms with Crippen LogP contribution in [0.5, 0.6) is 0 Å². The minimum Gasteiger partial charge on any atom is -0.354 e. The topological polar surface area (TPSA) is 75.5 Å². The van der Waals surface area contributed by atoms with Crippen LogP contribution in [0.1, 0.15) is 10.4 Å². The van der Waals surface area contributed by atoms with Crippen molar-refractivity contribution in [1.82, 2.24) is 10.2 Å². The van der Waals surface area contributed by atoms with Crippen molar-refractivity contribution in [3.63, 3.8) is 0 Å². The van der Waals surface area contributed by atoms with Crippen LogP contribution in [0, 0.1) is 10.1 Å². The molecule has 1 amide bonds. The second-order valence-electron chi connectivity index (χ2n) is 5.79. The molecule has 6 nitrogen and oxygen atoms in total. The predicted molar refractivity (Wildman–Crippen MR) is 95.3 cm³/mol. The molecule has 2 aromatic rings. The lowest BCUT2D eigenvalue weighted by atomic mass is 10.1. The van der Waals surface area contributed by atoms with Gasteiger partial charge in [-0.15, -0.1) is 0 Å². The number of thiophene rings is 1. The average molecular weight is 347 g/mol. The molecule has 1 N–H and O–H groups in total. The zero-order valence-corrected chi connectivity index (χ0v) is 14.6. The van der Waals surface area contributed by atoms with E-state index in [0.717, 1.165) is 17.8 Å². The van der Waals surface area contributed by atoms with E-state index in [1.807, 2.05) is 32.3 Å². The smallest absolute Gasteiger partial charge is 0.324 e. The van der Waals surface area contributed by atoms with Crippen molar-refractivity contribution in [2.45, 2.75) is 18.9 Å². The van der Waals surface area contributed by atoms with Gasteiger partial charge < -0.3 is 10.2 Å². The molecule has 0 aliphatic rings. The standard InChI is InChI=1S/C17H21N3O3S/c1-19(2)14(10-13-6-4-3-5-7-13)12-18-16(21)11-15-8-9-17(24-15)20(22)23/h3-9,14H,10-12H2,1-2H3,(H,18,21)/t14-/m0/s1. The van der Waals surface area contributed by atoms with Crippen LogP contribution in [0.2, 0.25) is 0 Å². The molecular weight excluding hydrogens is 326 g/mol. The van der Waals surface area contributed by atoms with E-state index in [2.05, 4.69) is 22.3 Å². The largest absolute Gasteiger partial charge is 0.354 e. The molecule has 0 radical (unpaired) electrons. The SMILES string of the molecule is CN(C)[C@H](CNC(=O)Cc1ccc([N+](=O)[O-])s1)Cc1ccccc1. The fraction of sp³-hybridized carbons (Fsp3) is 0.353. The van der Waals surface area contributed by atoms with Crippen LogP contribution >= 0.6 is 11.3 Å². The Bertz CT molecular complexity index is 685. The van der Waals surface area contributed by atoms with Crippen molar-refractivity contribution in [1.29, 1.82) is 0 Å². The molecule has 0 fully saturated rings. The lowest BCUT2D eigenvalue weighted by Crippen LogP contribution is -2.42. The number of likely N-dealkylation sites (N-methyl/N-ethyl adjacent to an activating group) is 1. The zero-order valence-electron chi connectivity index (χ0n) is 13.8. The van der Waals surface area contributed by atoms with E-state index in [1.165, 1.54) is 11.6 Å². The van der Waals surface area contributed by atoms with Gasteiger partial charge in [-0.05, 0) is 32.1 Å². The van der Waals surface area contributed by atoms with E-state index >= 15 is 0 Å². The summed E-state index contributed by atoms with van der Waals surface area (Å²) >= 11 is 1.04. The van der Waals surface area contributed by atoms with Gasteiger partial charge in [0.15, 0.2) is 0 Å². The highest BCUT2D eigenvalue weighted by atomic mass is 32.1. The van der Waals surface area contributed by atoms with Gasteiger partial charge in [-0.3, -0.25) is 14.9 Å². The molecule has 0 saturated carbocycles. The number of carbonyl (C=O) groups excluding carboxylic acids is 1. The second kappa shape index (κ2) is 8.56. The molecule has 1 aromatic carbocycles. The van der Waals surface area contributed by atoms with Gasteiger partial charge in [0.05, 0.1) is 11.3 Å². The van der Waals surface area contributed by atoms with Crippen LogP contribution in [0.3, 0.4) is 0 Å². The van der Waals surface area contributed by atoms with E-state index in [0.29, 0.717) is 11.4 Å². The third-order valence-corrected chi connectivity index (χ3v) is 4.78. The molecule has 0 saturated heterocycles. The van der Waals surface area contributed by atoms with Crippen LogP contribution in [0.4, 0.5) is 5.00 Å². The number of hydrogen-bond donors (Lipinski definition) is 1. The van der Waals surface area contributed by atoms with Gasteiger partial charge in [-0.25, -0.2) is 0 Å². The van der Waals surface area contributed by atoms with Crippen LogP contribution in [-0.4, -0.2) is 42.4 Å². The Balaban J connectivity index is 1.86. The molecule has 0 spiro atoms. The lowest BCUT2D eigenvalue weighted by molar-refractivity contribution is -0.380. The number of rotatable bonds is 8. The Hall–Kier alpha value is -2.25. The first-order valence-electron chi connectivity index (χ1n) is 7.66.